The molecule has 106 valence electrons. The molecule has 0 aliphatic rings. The first-order chi connectivity index (χ1) is 9.63. The summed E-state index contributed by atoms with van der Waals surface area (Å²) < 4.78 is 13.8. The molecule has 0 radical (unpaired) electrons. The topological polar surface area (TPSA) is 26.0 Å². The molecular formula is C16H17ClFNS. The molecule has 2 atom stereocenters. The Labute approximate surface area is 128 Å². The Morgan fingerprint density at radius 1 is 1.15 bits per heavy atom. The quantitative estimate of drug-likeness (QED) is 0.782. The van der Waals surface area contributed by atoms with Gasteiger partial charge in [-0.2, -0.15) is 0 Å². The van der Waals surface area contributed by atoms with Crippen LogP contribution in [0.15, 0.2) is 53.4 Å². The Morgan fingerprint density at radius 2 is 1.80 bits per heavy atom. The van der Waals surface area contributed by atoms with E-state index in [1.165, 1.54) is 17.8 Å². The smallest absolute Gasteiger partial charge is 0.136 e. The Bertz CT molecular complexity index is 576. The highest BCUT2D eigenvalue weighted by molar-refractivity contribution is 7.99. The average Bonchev–Trinajstić information content (AvgIpc) is 2.47. The molecule has 20 heavy (non-hydrogen) atoms. The number of hydrogen-bond donors (Lipinski definition) is 1. The Morgan fingerprint density at radius 3 is 2.45 bits per heavy atom. The summed E-state index contributed by atoms with van der Waals surface area (Å²) in [5.41, 5.74) is 7.17. The van der Waals surface area contributed by atoms with Gasteiger partial charge >= 0.3 is 0 Å². The normalized spacial score (nSPS) is 14.0. The van der Waals surface area contributed by atoms with Crippen LogP contribution in [0.25, 0.3) is 0 Å². The first-order valence-corrected chi connectivity index (χ1v) is 7.80. The number of halogens is 2. The maximum absolute atomic E-state index is 13.8. The van der Waals surface area contributed by atoms with E-state index in [9.17, 15) is 4.39 Å². The molecule has 0 aliphatic carbocycles. The molecule has 2 aromatic rings. The third-order valence-corrected chi connectivity index (χ3v) is 4.95. The molecule has 0 bridgehead atoms. The Balaban J connectivity index is 2.35. The van der Waals surface area contributed by atoms with Crippen molar-refractivity contribution >= 4 is 23.4 Å². The highest BCUT2D eigenvalue weighted by Crippen LogP contribution is 2.41. The van der Waals surface area contributed by atoms with Gasteiger partial charge in [-0.3, -0.25) is 0 Å². The van der Waals surface area contributed by atoms with Crippen molar-refractivity contribution in [1.82, 2.24) is 0 Å². The monoisotopic (exact) mass is 309 g/mol. The van der Waals surface area contributed by atoms with Crippen LogP contribution in [0.4, 0.5) is 4.39 Å². The first kappa shape index (κ1) is 15.4. The minimum Gasteiger partial charge on any atom is -0.326 e. The van der Waals surface area contributed by atoms with Gasteiger partial charge in [-0.25, -0.2) is 4.39 Å². The zero-order valence-electron chi connectivity index (χ0n) is 11.2. The van der Waals surface area contributed by atoms with Crippen molar-refractivity contribution in [1.29, 1.82) is 0 Å². The van der Waals surface area contributed by atoms with E-state index >= 15 is 0 Å². The van der Waals surface area contributed by atoms with Crippen molar-refractivity contribution in [3.8, 4) is 0 Å². The molecule has 2 aromatic carbocycles. The lowest BCUT2D eigenvalue weighted by Gasteiger charge is -2.24. The summed E-state index contributed by atoms with van der Waals surface area (Å²) >= 11 is 7.69. The van der Waals surface area contributed by atoms with Gasteiger partial charge in [0.2, 0.25) is 0 Å². The highest BCUT2D eigenvalue weighted by atomic mass is 35.5. The van der Waals surface area contributed by atoms with Crippen molar-refractivity contribution in [3.05, 3.63) is 64.9 Å². The molecule has 2 rings (SSSR count). The van der Waals surface area contributed by atoms with Crippen molar-refractivity contribution < 1.29 is 4.39 Å². The van der Waals surface area contributed by atoms with Gasteiger partial charge in [-0.1, -0.05) is 48.9 Å². The molecule has 0 spiro atoms. The molecule has 0 saturated heterocycles. The van der Waals surface area contributed by atoms with Crippen molar-refractivity contribution in [2.45, 2.75) is 29.5 Å². The average molecular weight is 310 g/mol. The molecule has 0 aromatic heterocycles. The van der Waals surface area contributed by atoms with Gasteiger partial charge in [0.25, 0.3) is 0 Å². The largest absolute Gasteiger partial charge is 0.326 e. The van der Waals surface area contributed by atoms with Crippen molar-refractivity contribution in [3.63, 3.8) is 0 Å². The number of benzene rings is 2. The van der Waals surface area contributed by atoms with Gasteiger partial charge in [-0.15, -0.1) is 11.8 Å². The van der Waals surface area contributed by atoms with Gasteiger partial charge < -0.3 is 5.73 Å². The second-order valence-corrected chi connectivity index (χ2v) is 6.15. The van der Waals surface area contributed by atoms with E-state index in [-0.39, 0.29) is 17.1 Å². The highest BCUT2D eigenvalue weighted by Gasteiger charge is 2.23. The maximum Gasteiger partial charge on any atom is 0.136 e. The van der Waals surface area contributed by atoms with Crippen molar-refractivity contribution in [2.75, 3.05) is 0 Å². The summed E-state index contributed by atoms with van der Waals surface area (Å²) in [7, 11) is 0. The molecule has 0 amide bonds. The Hall–Kier alpha value is -1.03. The van der Waals surface area contributed by atoms with E-state index in [1.54, 1.807) is 12.1 Å². The van der Waals surface area contributed by atoms with Crippen LogP contribution in [0.3, 0.4) is 0 Å². The van der Waals surface area contributed by atoms with E-state index in [2.05, 4.69) is 0 Å². The molecule has 0 saturated carbocycles. The predicted octanol–water partition coefficient (Wildman–Crippen LogP) is 5.05. The second kappa shape index (κ2) is 7.11. The maximum atomic E-state index is 13.8. The molecule has 4 heteroatoms. The Kier molecular flexibility index (Phi) is 5.46. The lowest BCUT2D eigenvalue weighted by Crippen LogP contribution is -2.26. The number of thioether (sulfide) groups is 1. The van der Waals surface area contributed by atoms with Crippen LogP contribution in [0, 0.1) is 5.82 Å². The zero-order chi connectivity index (χ0) is 14.5. The molecule has 0 fully saturated rings. The van der Waals surface area contributed by atoms with Crippen LogP contribution in [-0.4, -0.2) is 6.04 Å². The van der Waals surface area contributed by atoms with Crippen LogP contribution in [-0.2, 0) is 0 Å². The minimum absolute atomic E-state index is 0.0643. The van der Waals surface area contributed by atoms with E-state index < -0.39 is 0 Å². The van der Waals surface area contributed by atoms with Gasteiger partial charge in [0.1, 0.15) is 5.82 Å². The fraction of sp³-hybridized carbons (Fsp3) is 0.250. The summed E-state index contributed by atoms with van der Waals surface area (Å²) in [6, 6.07) is 14.3. The van der Waals surface area contributed by atoms with E-state index in [1.807, 2.05) is 37.3 Å². The molecule has 0 heterocycles. The number of hydrogen-bond acceptors (Lipinski definition) is 2. The lowest BCUT2D eigenvalue weighted by atomic mass is 10.0. The fourth-order valence-electron chi connectivity index (χ4n) is 1.98. The molecular weight excluding hydrogens is 293 g/mol. The van der Waals surface area contributed by atoms with E-state index in [4.69, 9.17) is 17.3 Å². The standard InChI is InChI=1S/C16H17ClFNS/c1-2-14(19)16(11-7-3-4-8-12(11)17)20-15-10-6-5-9-13(15)18/h3-10,14,16H,2,19H2,1H3. The molecule has 2 N–H and O–H groups in total. The minimum atomic E-state index is -0.224. The van der Waals surface area contributed by atoms with Crippen LogP contribution in [0.5, 0.6) is 0 Å². The SMILES string of the molecule is CCC(N)C(Sc1ccccc1F)c1ccccc1Cl. The lowest BCUT2D eigenvalue weighted by molar-refractivity contribution is 0.597. The second-order valence-electron chi connectivity index (χ2n) is 4.56. The van der Waals surface area contributed by atoms with Crippen LogP contribution in [0.1, 0.15) is 24.2 Å². The third-order valence-electron chi connectivity index (χ3n) is 3.16. The predicted molar refractivity (Wildman–Crippen MR) is 84.7 cm³/mol. The molecule has 0 aliphatic heterocycles. The molecule has 2 unspecified atom stereocenters. The van der Waals surface area contributed by atoms with Gasteiger partial charge in [0.15, 0.2) is 0 Å². The number of nitrogens with two attached hydrogens (primary N) is 1. The summed E-state index contributed by atoms with van der Waals surface area (Å²) in [6.07, 6.45) is 0.803. The van der Waals surface area contributed by atoms with Gasteiger partial charge in [0.05, 0.1) is 5.25 Å². The molecule has 1 nitrogen and oxygen atoms in total. The van der Waals surface area contributed by atoms with Crippen LogP contribution >= 0.6 is 23.4 Å². The summed E-state index contributed by atoms with van der Waals surface area (Å²) in [4.78, 5) is 0.598. The van der Waals surface area contributed by atoms with Crippen LogP contribution < -0.4 is 5.73 Å². The van der Waals surface area contributed by atoms with Crippen LogP contribution in [0.2, 0.25) is 5.02 Å². The zero-order valence-corrected chi connectivity index (χ0v) is 12.8. The third kappa shape index (κ3) is 3.54. The summed E-state index contributed by atoms with van der Waals surface area (Å²) in [5.74, 6) is -0.224. The van der Waals surface area contributed by atoms with Gasteiger partial charge in [-0.05, 0) is 30.2 Å². The van der Waals surface area contributed by atoms with Crippen molar-refractivity contribution in [2.24, 2.45) is 5.73 Å². The van der Waals surface area contributed by atoms with E-state index in [0.717, 1.165) is 12.0 Å². The summed E-state index contributed by atoms with van der Waals surface area (Å²) in [5, 5.41) is 0.607. The van der Waals surface area contributed by atoms with E-state index in [0.29, 0.717) is 9.92 Å². The first-order valence-electron chi connectivity index (χ1n) is 6.54. The summed E-state index contributed by atoms with van der Waals surface area (Å²) in [6.45, 7) is 2.02. The fourth-order valence-corrected chi connectivity index (χ4v) is 3.61. The van der Waals surface area contributed by atoms with Gasteiger partial charge in [0, 0.05) is 16.0 Å². The number of rotatable bonds is 5.